The summed E-state index contributed by atoms with van der Waals surface area (Å²) in [6.45, 7) is 4.05. The number of amides is 2. The van der Waals surface area contributed by atoms with Crippen molar-refractivity contribution in [2.75, 3.05) is 62.7 Å². The van der Waals surface area contributed by atoms with Crippen molar-refractivity contribution >= 4 is 85.2 Å². The molecule has 6 rings (SSSR count). The van der Waals surface area contributed by atoms with E-state index in [1.54, 1.807) is 76.2 Å². The minimum absolute atomic E-state index is 0.0443. The van der Waals surface area contributed by atoms with Crippen molar-refractivity contribution in [1.82, 2.24) is 25.5 Å². The summed E-state index contributed by atoms with van der Waals surface area (Å²) in [5.74, 6) is 5.64. The molecular formula is C44H52N11O18P3S2. The predicted molar refractivity (Wildman–Crippen MR) is 286 cm³/mol. The number of nitrogens with zero attached hydrogens (tertiary/aromatic N) is 5. The summed E-state index contributed by atoms with van der Waals surface area (Å²) in [7, 11) is -13.9. The number of carbonyl (C=O) groups excluding carboxylic acids is 1. The number of carboxylic acid groups (broad SMARTS) is 1. The van der Waals surface area contributed by atoms with E-state index in [2.05, 4.69) is 62.5 Å². The van der Waals surface area contributed by atoms with Gasteiger partial charge in [0, 0.05) is 83.0 Å². The number of hydrogen-bond acceptors (Lipinski definition) is 21. The van der Waals surface area contributed by atoms with Crippen LogP contribution in [0.3, 0.4) is 0 Å². The summed E-state index contributed by atoms with van der Waals surface area (Å²) in [6.07, 6.45) is -0.446. The third-order valence-electron chi connectivity index (χ3n) is 10.9. The van der Waals surface area contributed by atoms with Gasteiger partial charge in [-0.25, -0.2) is 28.1 Å². The van der Waals surface area contributed by atoms with E-state index >= 15 is 0 Å². The number of aromatic carboxylic acids is 1. The van der Waals surface area contributed by atoms with Gasteiger partial charge in [-0.15, -0.1) is 0 Å². The summed E-state index contributed by atoms with van der Waals surface area (Å²) in [5.41, 5.74) is 23.8. The van der Waals surface area contributed by atoms with Crippen LogP contribution in [0.4, 0.5) is 16.3 Å². The number of aromatic nitrogens is 2. The van der Waals surface area contributed by atoms with E-state index < -0.39 is 72.9 Å². The van der Waals surface area contributed by atoms with Crippen molar-refractivity contribution in [2.24, 2.45) is 5.11 Å². The van der Waals surface area contributed by atoms with Crippen molar-refractivity contribution in [3.05, 3.63) is 110 Å². The Morgan fingerprint density at radius 1 is 0.987 bits per heavy atom. The highest BCUT2D eigenvalue weighted by molar-refractivity contribution is 8.76. The molecule has 1 fully saturated rings. The monoisotopic (exact) mass is 1180 g/mol. The number of azide groups is 1. The van der Waals surface area contributed by atoms with E-state index in [-0.39, 0.29) is 35.3 Å². The van der Waals surface area contributed by atoms with Crippen molar-refractivity contribution in [3.8, 4) is 34.3 Å². The molecule has 5 atom stereocenters. The number of unbranched alkanes of at least 4 members (excludes halogenated alkanes) is 2. The van der Waals surface area contributed by atoms with Gasteiger partial charge in [0.05, 0.1) is 35.7 Å². The molecule has 1 saturated heterocycles. The first-order valence-electron chi connectivity index (χ1n) is 22.9. The molecule has 13 N–H and O–H groups in total. The van der Waals surface area contributed by atoms with Crippen LogP contribution in [0.15, 0.2) is 81.7 Å². The van der Waals surface area contributed by atoms with Crippen LogP contribution in [0.2, 0.25) is 0 Å². The van der Waals surface area contributed by atoms with E-state index in [9.17, 15) is 43.0 Å². The van der Waals surface area contributed by atoms with Gasteiger partial charge in [-0.05, 0) is 72.3 Å². The summed E-state index contributed by atoms with van der Waals surface area (Å²) in [5, 5.41) is 31.1. The molecule has 29 nitrogen and oxygen atoms in total. The van der Waals surface area contributed by atoms with Crippen LogP contribution in [-0.2, 0) is 41.1 Å². The first-order chi connectivity index (χ1) is 37.0. The molecular weight excluding hydrogens is 1130 g/mol. The van der Waals surface area contributed by atoms with Crippen molar-refractivity contribution in [3.63, 3.8) is 0 Å². The fraction of sp³-hybridized carbons (Fsp3) is 0.341. The molecule has 34 heteroatoms. The number of nitrogen functional groups attached to an aromatic ring is 2. The Balaban J connectivity index is 0.865. The largest absolute Gasteiger partial charge is 0.490 e. The number of phosphoric ester groups is 1. The lowest BCUT2D eigenvalue weighted by Gasteiger charge is -2.21. The lowest BCUT2D eigenvalue weighted by atomic mass is 9.89. The number of hydrogen-bond donors (Lipinski definition) is 11. The Labute approximate surface area is 450 Å². The molecule has 3 aliphatic rings. The zero-order valence-corrected chi connectivity index (χ0v) is 45.1. The van der Waals surface area contributed by atoms with Crippen molar-refractivity contribution in [1.29, 1.82) is 5.41 Å². The minimum atomic E-state index is -5.82. The normalized spacial score (nSPS) is 16.8. The maximum atomic E-state index is 12.8. The number of anilines is 2. The molecule has 0 radical (unpaired) electrons. The van der Waals surface area contributed by atoms with Gasteiger partial charge in [-0.1, -0.05) is 51.2 Å². The second kappa shape index (κ2) is 28.1. The Kier molecular flexibility index (Phi) is 21.9. The van der Waals surface area contributed by atoms with Crippen LogP contribution in [0.25, 0.3) is 49.6 Å². The van der Waals surface area contributed by atoms with Gasteiger partial charge in [0.1, 0.15) is 42.2 Å². The summed E-state index contributed by atoms with van der Waals surface area (Å²) in [6, 6.07) is 14.7. The van der Waals surface area contributed by atoms with Crippen molar-refractivity contribution in [2.45, 2.75) is 44.1 Å². The molecule has 1 aromatic heterocycles. The third-order valence-corrected chi connectivity index (χ3v) is 16.8. The Morgan fingerprint density at radius 3 is 2.54 bits per heavy atom. The fourth-order valence-electron chi connectivity index (χ4n) is 7.49. The van der Waals surface area contributed by atoms with Gasteiger partial charge >= 0.3 is 41.2 Å². The highest BCUT2D eigenvalue weighted by Gasteiger charge is 2.44. The predicted octanol–water partition coefficient (Wildman–Crippen LogP) is 5.82. The zero-order valence-electron chi connectivity index (χ0n) is 40.8. The summed E-state index contributed by atoms with van der Waals surface area (Å²) in [4.78, 5) is 80.8. The second-order valence-corrected chi connectivity index (χ2v) is 23.3. The number of urea groups is 1. The van der Waals surface area contributed by atoms with E-state index in [0.717, 1.165) is 23.2 Å². The standard InChI is InChI=1S/C44H52N11O18P3S2/c1-26(27-7-10-31(42(56)57)34(18-27)40-32-11-8-29(45)19-35(32)70-36-20-30(46)9-12-33(36)40)49-15-17-77-78-25-67-16-4-2-3-13-50-43(58)51-14-5-6-28-22-55(44(59)53-41(28)47)39-21-37(68-24-52-54-48)38(71-39)23-69-75(63,64)73-76(65,66)72-74(60,61)62/h7-12,18-20,22,37-39,45,49H,1-4,13-17,21,23-25,46H2,(H,56,57)(H,63,64)(H,65,66)(H2,47,53,59)(H2,50,51,58)(H2,60,61,62)/t37?,38-,39-/m1/s1. The third kappa shape index (κ3) is 18.2. The van der Waals surface area contributed by atoms with Crippen LogP contribution in [-0.4, -0.2) is 110 Å². The van der Waals surface area contributed by atoms with Gasteiger partial charge in [0.25, 0.3) is 0 Å². The maximum Gasteiger partial charge on any atom is 0.490 e. The molecule has 2 amide bonds. The Morgan fingerprint density at radius 2 is 1.78 bits per heavy atom. The van der Waals surface area contributed by atoms with E-state index in [0.29, 0.717) is 82.4 Å². The van der Waals surface area contributed by atoms with Crippen LogP contribution in [0.5, 0.6) is 0 Å². The molecule has 2 aliphatic heterocycles. The molecule has 0 saturated carbocycles. The lowest BCUT2D eigenvalue weighted by Crippen LogP contribution is -2.36. The maximum absolute atomic E-state index is 12.8. The van der Waals surface area contributed by atoms with Crippen LogP contribution in [0, 0.1) is 17.3 Å². The SMILES string of the molecule is C=C(NCCSSCOCCCCCNC(=O)NCC#Cc1cn([C@H]2CC(OCN=[N+]=[N-])[C@@H](COP(=O)(O)OP(=O)(O)OP(=O)(O)O)O2)c(=O)nc1N)c1ccc(C(=O)O)c(-c2c3ccc(=N)cc-3oc3cc(N)ccc23)c1. The van der Waals surface area contributed by atoms with Gasteiger partial charge in [0.15, 0.2) is 0 Å². The Hall–Kier alpha value is -6.25. The highest BCUT2D eigenvalue weighted by atomic mass is 33.1. The first kappa shape index (κ1) is 61.0. The number of fused-ring (bicyclic) bond motifs is 2. The highest BCUT2D eigenvalue weighted by Crippen LogP contribution is 2.66. The van der Waals surface area contributed by atoms with Gasteiger partial charge in [-0.3, -0.25) is 9.09 Å². The molecule has 418 valence electrons. The molecule has 0 bridgehead atoms. The van der Waals surface area contributed by atoms with Gasteiger partial charge in [-0.2, -0.15) is 13.6 Å². The number of carboxylic acids is 1. The van der Waals surface area contributed by atoms with Gasteiger partial charge in [0.2, 0.25) is 0 Å². The number of nitrogens with one attached hydrogen (secondary N) is 4. The molecule has 3 unspecified atom stereocenters. The second-order valence-electron chi connectivity index (χ2n) is 16.4. The fourth-order valence-corrected chi connectivity index (χ4v) is 12.1. The summed E-state index contributed by atoms with van der Waals surface area (Å²) < 4.78 is 71.0. The average Bonchev–Trinajstić information content (AvgIpc) is 3.82. The number of ether oxygens (including phenoxy) is 3. The van der Waals surface area contributed by atoms with Crippen LogP contribution in [0.1, 0.15) is 53.4 Å². The Bertz CT molecular complexity index is 3370. The van der Waals surface area contributed by atoms with E-state index in [1.807, 2.05) is 0 Å². The number of benzene rings is 3. The average molecular weight is 1180 g/mol. The molecule has 3 heterocycles. The lowest BCUT2D eigenvalue weighted by molar-refractivity contribution is -0.0601. The number of carbonyl (C=O) groups is 2. The molecule has 3 aromatic rings. The smallest absolute Gasteiger partial charge is 0.478 e. The van der Waals surface area contributed by atoms with Gasteiger partial charge < -0.3 is 76.1 Å². The van der Waals surface area contributed by atoms with Crippen molar-refractivity contribution < 1.29 is 79.7 Å². The topological polar surface area (TPSA) is 451 Å². The number of rotatable bonds is 28. The summed E-state index contributed by atoms with van der Waals surface area (Å²) >= 11 is 0. The molecule has 2 aromatic carbocycles. The quantitative estimate of drug-likeness (QED) is 0.00268. The van der Waals surface area contributed by atoms with Crippen LogP contribution < -0.4 is 38.5 Å². The van der Waals surface area contributed by atoms with Crippen LogP contribution >= 0.6 is 45.1 Å². The zero-order chi connectivity index (χ0) is 56.6. The van der Waals surface area contributed by atoms with E-state index in [4.69, 9.17) is 50.8 Å². The van der Waals surface area contributed by atoms with E-state index in [1.165, 1.54) is 6.20 Å². The number of phosphoric acid groups is 3. The minimum Gasteiger partial charge on any atom is -0.478 e. The first-order valence-corrected chi connectivity index (χ1v) is 29.9. The molecule has 78 heavy (non-hydrogen) atoms. The molecule has 1 aliphatic carbocycles. The number of nitrogens with two attached hydrogens (primary N) is 2. The molecule has 0 spiro atoms.